The monoisotopic (exact) mass is 336 g/mol. The number of rotatable bonds is 7. The maximum Gasteiger partial charge on any atom is 0.290 e. The van der Waals surface area contributed by atoms with Gasteiger partial charge in [-0.1, -0.05) is 23.2 Å². The second-order valence-electron chi connectivity index (χ2n) is 4.00. The van der Waals surface area contributed by atoms with Crippen molar-refractivity contribution in [2.24, 2.45) is 0 Å². The van der Waals surface area contributed by atoms with Gasteiger partial charge in [-0.15, -0.1) is 0 Å². The second kappa shape index (κ2) is 8.34. The van der Waals surface area contributed by atoms with Crippen molar-refractivity contribution in [2.45, 2.75) is 12.8 Å². The Hall–Kier alpha value is -0.980. The highest BCUT2D eigenvalue weighted by Gasteiger charge is 2.19. The summed E-state index contributed by atoms with van der Waals surface area (Å²) >= 11 is 13.3. The zero-order chi connectivity index (χ0) is 15.1. The van der Waals surface area contributed by atoms with Crippen LogP contribution in [0.25, 0.3) is 0 Å². The normalized spacial score (nSPS) is 10.3. The van der Waals surface area contributed by atoms with Crippen LogP contribution in [-0.4, -0.2) is 29.4 Å². The SMILES string of the molecule is CSCCCCNC(=O)c1cc(Cl)c(Cl)c([N+](=O)[O-])c1. The third-order valence-corrected chi connectivity index (χ3v) is 4.02. The van der Waals surface area contributed by atoms with Crippen LogP contribution in [0, 0.1) is 10.1 Å². The lowest BCUT2D eigenvalue weighted by Crippen LogP contribution is -2.24. The van der Waals surface area contributed by atoms with Crippen molar-refractivity contribution in [1.29, 1.82) is 0 Å². The molecule has 1 amide bonds. The number of carbonyl (C=O) groups is 1. The Kier molecular flexibility index (Phi) is 7.12. The number of nitrogens with one attached hydrogen (secondary N) is 1. The van der Waals surface area contributed by atoms with Gasteiger partial charge >= 0.3 is 0 Å². The predicted molar refractivity (Wildman–Crippen MR) is 83.1 cm³/mol. The molecule has 1 aromatic carbocycles. The third kappa shape index (κ3) is 4.85. The van der Waals surface area contributed by atoms with Crippen molar-refractivity contribution >= 4 is 46.6 Å². The molecule has 0 aliphatic carbocycles. The Morgan fingerprint density at radius 3 is 2.70 bits per heavy atom. The van der Waals surface area contributed by atoms with Crippen LogP contribution in [0.3, 0.4) is 0 Å². The minimum absolute atomic E-state index is 0.00611. The van der Waals surface area contributed by atoms with E-state index < -0.39 is 10.8 Å². The van der Waals surface area contributed by atoms with Gasteiger partial charge in [-0.05, 0) is 30.9 Å². The number of thioether (sulfide) groups is 1. The van der Waals surface area contributed by atoms with Gasteiger partial charge in [-0.2, -0.15) is 11.8 Å². The fourth-order valence-electron chi connectivity index (χ4n) is 1.51. The van der Waals surface area contributed by atoms with E-state index in [9.17, 15) is 14.9 Å². The van der Waals surface area contributed by atoms with Gasteiger partial charge in [-0.25, -0.2) is 0 Å². The largest absolute Gasteiger partial charge is 0.352 e. The number of nitro groups is 1. The van der Waals surface area contributed by atoms with Crippen molar-refractivity contribution in [3.05, 3.63) is 37.9 Å². The van der Waals surface area contributed by atoms with Crippen LogP contribution < -0.4 is 5.32 Å². The summed E-state index contributed by atoms with van der Waals surface area (Å²) in [6.07, 6.45) is 3.88. The average molecular weight is 337 g/mol. The average Bonchev–Trinajstić information content (AvgIpc) is 2.40. The maximum atomic E-state index is 11.9. The van der Waals surface area contributed by atoms with E-state index >= 15 is 0 Å². The molecule has 0 spiro atoms. The molecule has 0 bridgehead atoms. The summed E-state index contributed by atoms with van der Waals surface area (Å²) < 4.78 is 0. The first kappa shape index (κ1) is 17.1. The molecule has 0 unspecified atom stereocenters. The Morgan fingerprint density at radius 2 is 2.10 bits per heavy atom. The van der Waals surface area contributed by atoms with Crippen molar-refractivity contribution in [1.82, 2.24) is 5.32 Å². The van der Waals surface area contributed by atoms with Crippen molar-refractivity contribution in [3.63, 3.8) is 0 Å². The first-order valence-electron chi connectivity index (χ1n) is 5.88. The molecule has 0 heterocycles. The van der Waals surface area contributed by atoms with Gasteiger partial charge in [0.2, 0.25) is 0 Å². The highest BCUT2D eigenvalue weighted by Crippen LogP contribution is 2.32. The van der Waals surface area contributed by atoms with Gasteiger partial charge in [-0.3, -0.25) is 14.9 Å². The molecule has 0 fully saturated rings. The summed E-state index contributed by atoms with van der Waals surface area (Å²) in [5.41, 5.74) is -0.234. The summed E-state index contributed by atoms with van der Waals surface area (Å²) in [7, 11) is 0. The van der Waals surface area contributed by atoms with E-state index in [2.05, 4.69) is 5.32 Å². The maximum absolute atomic E-state index is 11.9. The Labute approximate surface area is 131 Å². The van der Waals surface area contributed by atoms with Crippen LogP contribution in [0.5, 0.6) is 0 Å². The highest BCUT2D eigenvalue weighted by atomic mass is 35.5. The lowest BCUT2D eigenvalue weighted by molar-refractivity contribution is -0.384. The molecule has 0 saturated heterocycles. The van der Waals surface area contributed by atoms with E-state index in [1.165, 1.54) is 6.07 Å². The number of nitrogens with zero attached hydrogens (tertiary/aromatic N) is 1. The number of amides is 1. The number of nitro benzene ring substituents is 1. The highest BCUT2D eigenvalue weighted by molar-refractivity contribution is 7.98. The lowest BCUT2D eigenvalue weighted by atomic mass is 10.2. The van der Waals surface area contributed by atoms with E-state index in [1.54, 1.807) is 11.8 Å². The smallest absolute Gasteiger partial charge is 0.290 e. The first-order chi connectivity index (χ1) is 9.47. The Balaban J connectivity index is 2.71. The van der Waals surface area contributed by atoms with E-state index in [-0.39, 0.29) is 21.3 Å². The second-order valence-corrected chi connectivity index (χ2v) is 5.77. The minimum atomic E-state index is -0.663. The molecule has 0 aliphatic rings. The van der Waals surface area contributed by atoms with E-state index in [4.69, 9.17) is 23.2 Å². The molecular weight excluding hydrogens is 323 g/mol. The molecule has 0 atom stereocenters. The summed E-state index contributed by atoms with van der Waals surface area (Å²) in [4.78, 5) is 22.0. The van der Waals surface area contributed by atoms with Gasteiger partial charge in [0.25, 0.3) is 11.6 Å². The molecule has 0 radical (unpaired) electrons. The van der Waals surface area contributed by atoms with Gasteiger partial charge < -0.3 is 5.32 Å². The predicted octanol–water partition coefficient (Wildman–Crippen LogP) is 3.77. The molecule has 8 heteroatoms. The van der Waals surface area contributed by atoms with Crippen LogP contribution in [0.4, 0.5) is 5.69 Å². The zero-order valence-electron chi connectivity index (χ0n) is 10.8. The molecule has 0 saturated carbocycles. The van der Waals surface area contributed by atoms with Gasteiger partial charge in [0.1, 0.15) is 5.02 Å². The van der Waals surface area contributed by atoms with Gasteiger partial charge in [0.15, 0.2) is 0 Å². The van der Waals surface area contributed by atoms with Gasteiger partial charge in [0, 0.05) is 18.2 Å². The number of hydrogen-bond acceptors (Lipinski definition) is 4. The van der Waals surface area contributed by atoms with Crippen molar-refractivity contribution in [2.75, 3.05) is 18.6 Å². The topological polar surface area (TPSA) is 72.2 Å². The Bertz CT molecular complexity index is 512. The molecular formula is C12H14Cl2N2O3S. The first-order valence-corrected chi connectivity index (χ1v) is 8.03. The summed E-state index contributed by atoms with van der Waals surface area (Å²) in [5.74, 6) is 0.643. The van der Waals surface area contributed by atoms with Gasteiger partial charge in [0.05, 0.1) is 9.95 Å². The van der Waals surface area contributed by atoms with Crippen LogP contribution in [-0.2, 0) is 0 Å². The van der Waals surface area contributed by atoms with Crippen LogP contribution in [0.15, 0.2) is 12.1 Å². The van der Waals surface area contributed by atoms with Crippen LogP contribution >= 0.6 is 35.0 Å². The molecule has 20 heavy (non-hydrogen) atoms. The van der Waals surface area contributed by atoms with E-state index in [0.717, 1.165) is 24.7 Å². The Morgan fingerprint density at radius 1 is 1.40 bits per heavy atom. The quantitative estimate of drug-likeness (QED) is 0.467. The summed E-state index contributed by atoms with van der Waals surface area (Å²) in [6.45, 7) is 0.521. The number of benzene rings is 1. The molecule has 1 aromatic rings. The van der Waals surface area contributed by atoms with Crippen LogP contribution in [0.2, 0.25) is 10.0 Å². The molecule has 1 N–H and O–H groups in total. The molecule has 0 aliphatic heterocycles. The number of halogens is 2. The third-order valence-electron chi connectivity index (χ3n) is 2.53. The van der Waals surface area contributed by atoms with E-state index in [1.807, 2.05) is 6.26 Å². The summed E-state index contributed by atoms with van der Waals surface area (Å²) in [6, 6.07) is 2.46. The zero-order valence-corrected chi connectivity index (χ0v) is 13.1. The number of unbranched alkanes of at least 4 members (excludes halogenated alkanes) is 1. The standard InChI is InChI=1S/C12H14Cl2N2O3S/c1-20-5-3-2-4-15-12(17)8-6-9(13)11(14)10(7-8)16(18)19/h6-7H,2-5H2,1H3,(H,15,17). The van der Waals surface area contributed by atoms with Crippen LogP contribution in [0.1, 0.15) is 23.2 Å². The fourth-order valence-corrected chi connectivity index (χ4v) is 2.40. The lowest BCUT2D eigenvalue weighted by Gasteiger charge is -2.06. The molecule has 110 valence electrons. The number of hydrogen-bond donors (Lipinski definition) is 1. The molecule has 0 aromatic heterocycles. The van der Waals surface area contributed by atoms with E-state index in [0.29, 0.717) is 6.54 Å². The minimum Gasteiger partial charge on any atom is -0.352 e. The van der Waals surface area contributed by atoms with Crippen molar-refractivity contribution in [3.8, 4) is 0 Å². The van der Waals surface area contributed by atoms with Crippen molar-refractivity contribution < 1.29 is 9.72 Å². The summed E-state index contributed by atoms with van der Waals surface area (Å²) in [5, 5.41) is 13.3. The molecule has 1 rings (SSSR count). The number of carbonyl (C=O) groups excluding carboxylic acids is 1. The molecule has 5 nitrogen and oxygen atoms in total. The fraction of sp³-hybridized carbons (Fsp3) is 0.417.